The summed E-state index contributed by atoms with van der Waals surface area (Å²) in [5, 5.41) is 0. The predicted octanol–water partition coefficient (Wildman–Crippen LogP) is 5.64. The van der Waals surface area contributed by atoms with Crippen LogP contribution in [0.2, 0.25) is 0 Å². The molecule has 0 saturated heterocycles. The Morgan fingerprint density at radius 1 is 0.842 bits per heavy atom. The van der Waals surface area contributed by atoms with E-state index in [2.05, 4.69) is 79.8 Å². The molecular weight excluding hydrogens is 434 g/mol. The van der Waals surface area contributed by atoms with Crippen LogP contribution in [0.15, 0.2) is 43.7 Å². The molecule has 0 aromatic heterocycles. The zero-order valence-electron chi connectivity index (χ0n) is 10.7. The highest BCUT2D eigenvalue weighted by Crippen LogP contribution is 2.32. The molecule has 100 valence electrons. The highest BCUT2D eigenvalue weighted by molar-refractivity contribution is 9.11. The van der Waals surface area contributed by atoms with Gasteiger partial charge >= 0.3 is 0 Å². The third-order valence-electron chi connectivity index (χ3n) is 3.18. The molecule has 0 amide bonds. The summed E-state index contributed by atoms with van der Waals surface area (Å²) in [6.07, 6.45) is 0. The molecule has 0 aliphatic carbocycles. The van der Waals surface area contributed by atoms with Crippen molar-refractivity contribution in [3.63, 3.8) is 0 Å². The van der Waals surface area contributed by atoms with Gasteiger partial charge in [0.2, 0.25) is 0 Å². The summed E-state index contributed by atoms with van der Waals surface area (Å²) in [5.41, 5.74) is 11.1. The minimum Gasteiger partial charge on any atom is -0.320 e. The molecule has 0 spiro atoms. The number of rotatable bonds is 2. The van der Waals surface area contributed by atoms with Gasteiger partial charge in [0.15, 0.2) is 0 Å². The summed E-state index contributed by atoms with van der Waals surface area (Å²) < 4.78 is 3.19. The fourth-order valence-corrected chi connectivity index (χ4v) is 3.39. The lowest BCUT2D eigenvalue weighted by Gasteiger charge is -2.18. The van der Waals surface area contributed by atoms with Gasteiger partial charge in [-0.25, -0.2) is 0 Å². The normalized spacial score (nSPS) is 12.5. The highest BCUT2D eigenvalue weighted by atomic mass is 79.9. The van der Waals surface area contributed by atoms with Gasteiger partial charge in [0.25, 0.3) is 0 Å². The monoisotopic (exact) mass is 445 g/mol. The third-order valence-corrected chi connectivity index (χ3v) is 5.25. The number of aryl methyl sites for hydroxylation is 2. The summed E-state index contributed by atoms with van der Waals surface area (Å²) in [6.45, 7) is 4.17. The molecule has 19 heavy (non-hydrogen) atoms. The lowest BCUT2D eigenvalue weighted by molar-refractivity contribution is 0.853. The van der Waals surface area contributed by atoms with Crippen molar-refractivity contribution in [2.75, 3.05) is 0 Å². The topological polar surface area (TPSA) is 26.0 Å². The Kier molecular flexibility index (Phi) is 4.88. The zero-order valence-corrected chi connectivity index (χ0v) is 15.4. The van der Waals surface area contributed by atoms with Crippen molar-refractivity contribution < 1.29 is 0 Å². The molecule has 0 radical (unpaired) electrons. The lowest BCUT2D eigenvalue weighted by Crippen LogP contribution is -2.14. The molecule has 1 unspecified atom stereocenters. The Hall–Kier alpha value is -0.160. The fraction of sp³-hybridized carbons (Fsp3) is 0.200. The third kappa shape index (κ3) is 3.30. The molecule has 0 aliphatic heterocycles. The van der Waals surface area contributed by atoms with Crippen LogP contribution in [0.1, 0.15) is 28.3 Å². The summed E-state index contributed by atoms with van der Waals surface area (Å²) >= 11 is 10.6. The molecule has 1 atom stereocenters. The van der Waals surface area contributed by atoms with E-state index in [0.717, 1.165) is 24.5 Å². The van der Waals surface area contributed by atoms with E-state index in [1.54, 1.807) is 0 Å². The van der Waals surface area contributed by atoms with Gasteiger partial charge < -0.3 is 5.73 Å². The van der Waals surface area contributed by atoms with Crippen molar-refractivity contribution in [1.82, 2.24) is 0 Å². The molecule has 4 heteroatoms. The molecule has 0 saturated carbocycles. The van der Waals surface area contributed by atoms with Crippen LogP contribution in [0, 0.1) is 13.8 Å². The molecule has 2 N–H and O–H groups in total. The van der Waals surface area contributed by atoms with Gasteiger partial charge in [0.1, 0.15) is 0 Å². The summed E-state index contributed by atoms with van der Waals surface area (Å²) in [6, 6.07) is 10.2. The van der Waals surface area contributed by atoms with E-state index in [-0.39, 0.29) is 6.04 Å². The Morgan fingerprint density at radius 3 is 2.21 bits per heavy atom. The highest BCUT2D eigenvalue weighted by Gasteiger charge is 2.16. The smallest absolute Gasteiger partial charge is 0.0565 e. The summed E-state index contributed by atoms with van der Waals surface area (Å²) in [5.74, 6) is 0. The predicted molar refractivity (Wildman–Crippen MR) is 91.5 cm³/mol. The molecular formula is C15H14Br3N. The largest absolute Gasteiger partial charge is 0.320 e. The van der Waals surface area contributed by atoms with E-state index >= 15 is 0 Å². The second-order valence-corrected chi connectivity index (χ2v) is 7.23. The van der Waals surface area contributed by atoms with E-state index in [1.807, 2.05) is 12.1 Å². The van der Waals surface area contributed by atoms with Crippen LogP contribution >= 0.6 is 47.8 Å². The molecule has 0 heterocycles. The van der Waals surface area contributed by atoms with Crippen LogP contribution in [0.25, 0.3) is 0 Å². The van der Waals surface area contributed by atoms with Crippen LogP contribution < -0.4 is 5.73 Å². The molecule has 1 nitrogen and oxygen atoms in total. The number of halogens is 3. The number of hydrogen-bond acceptors (Lipinski definition) is 1. The first-order chi connectivity index (χ1) is 8.90. The van der Waals surface area contributed by atoms with Crippen molar-refractivity contribution in [3.05, 3.63) is 66.0 Å². The van der Waals surface area contributed by atoms with Gasteiger partial charge in [0, 0.05) is 13.4 Å². The first-order valence-electron chi connectivity index (χ1n) is 5.87. The molecule has 2 rings (SSSR count). The van der Waals surface area contributed by atoms with Gasteiger partial charge in [-0.05, 0) is 60.4 Å². The first-order valence-corrected chi connectivity index (χ1v) is 8.25. The van der Waals surface area contributed by atoms with Crippen LogP contribution in [0.5, 0.6) is 0 Å². The van der Waals surface area contributed by atoms with Crippen LogP contribution in [-0.4, -0.2) is 0 Å². The average molecular weight is 448 g/mol. The van der Waals surface area contributed by atoms with Gasteiger partial charge in [-0.2, -0.15) is 0 Å². The van der Waals surface area contributed by atoms with E-state index in [0.29, 0.717) is 0 Å². The van der Waals surface area contributed by atoms with Crippen molar-refractivity contribution in [2.24, 2.45) is 5.73 Å². The Bertz CT molecular complexity index is 623. The molecule has 0 aliphatic rings. The Labute approximate surface area is 139 Å². The minimum absolute atomic E-state index is 0.140. The maximum atomic E-state index is 6.44. The second-order valence-electron chi connectivity index (χ2n) is 4.60. The van der Waals surface area contributed by atoms with Crippen molar-refractivity contribution in [2.45, 2.75) is 19.9 Å². The zero-order chi connectivity index (χ0) is 14.2. The average Bonchev–Trinajstić information content (AvgIpc) is 2.36. The van der Waals surface area contributed by atoms with Gasteiger partial charge in [-0.3, -0.25) is 0 Å². The van der Waals surface area contributed by atoms with Gasteiger partial charge in [-0.15, -0.1) is 0 Å². The van der Waals surface area contributed by atoms with Crippen LogP contribution in [-0.2, 0) is 0 Å². The number of benzene rings is 2. The Balaban J connectivity index is 2.52. The SMILES string of the molecule is Cc1cc(C(N)c2cc(Br)ccc2Br)c(C)cc1Br. The van der Waals surface area contributed by atoms with Crippen LogP contribution in [0.3, 0.4) is 0 Å². The number of hydrogen-bond donors (Lipinski definition) is 1. The minimum atomic E-state index is -0.140. The van der Waals surface area contributed by atoms with Crippen molar-refractivity contribution in [1.29, 1.82) is 0 Å². The summed E-state index contributed by atoms with van der Waals surface area (Å²) in [7, 11) is 0. The summed E-state index contributed by atoms with van der Waals surface area (Å²) in [4.78, 5) is 0. The first kappa shape index (κ1) is 15.2. The maximum absolute atomic E-state index is 6.44. The van der Waals surface area contributed by atoms with E-state index in [1.165, 1.54) is 11.1 Å². The second kappa shape index (κ2) is 6.08. The molecule has 0 fully saturated rings. The van der Waals surface area contributed by atoms with E-state index < -0.39 is 0 Å². The lowest BCUT2D eigenvalue weighted by atomic mass is 9.94. The quantitative estimate of drug-likeness (QED) is 0.633. The molecule has 2 aromatic rings. The van der Waals surface area contributed by atoms with E-state index in [9.17, 15) is 0 Å². The Morgan fingerprint density at radius 2 is 1.53 bits per heavy atom. The maximum Gasteiger partial charge on any atom is 0.0565 e. The van der Waals surface area contributed by atoms with E-state index in [4.69, 9.17) is 5.73 Å². The standard InChI is InChI=1S/C15H14Br3N/c1-8-6-14(18)9(2)5-11(8)15(19)12-7-10(16)3-4-13(12)17/h3-7,15H,19H2,1-2H3. The van der Waals surface area contributed by atoms with Crippen LogP contribution in [0.4, 0.5) is 0 Å². The fourth-order valence-electron chi connectivity index (χ4n) is 2.06. The molecule has 2 aromatic carbocycles. The number of nitrogens with two attached hydrogens (primary N) is 1. The van der Waals surface area contributed by atoms with Gasteiger partial charge in [-0.1, -0.05) is 53.9 Å². The molecule has 0 bridgehead atoms. The van der Waals surface area contributed by atoms with Crippen molar-refractivity contribution >= 4 is 47.8 Å². The van der Waals surface area contributed by atoms with Gasteiger partial charge in [0.05, 0.1) is 6.04 Å². The van der Waals surface area contributed by atoms with Crippen molar-refractivity contribution in [3.8, 4) is 0 Å².